The second kappa shape index (κ2) is 6.31. The van der Waals surface area contributed by atoms with Crippen LogP contribution >= 0.6 is 0 Å². The number of aromatic nitrogens is 1. The summed E-state index contributed by atoms with van der Waals surface area (Å²) < 4.78 is 1.46. The number of ketones is 2. The van der Waals surface area contributed by atoms with Gasteiger partial charge in [0.05, 0.1) is 11.1 Å². The number of dihydropyridines is 1. The molecular formula is C20H22N2O3. The molecule has 0 spiro atoms. The zero-order valence-corrected chi connectivity index (χ0v) is 14.9. The van der Waals surface area contributed by atoms with Crippen LogP contribution in [0.25, 0.3) is 0 Å². The third-order valence-corrected chi connectivity index (χ3v) is 4.71. The van der Waals surface area contributed by atoms with E-state index in [4.69, 9.17) is 0 Å². The van der Waals surface area contributed by atoms with Gasteiger partial charge in [0.25, 0.3) is 5.56 Å². The number of allylic oxidation sites excluding steroid dienone is 4. The summed E-state index contributed by atoms with van der Waals surface area (Å²) in [6.07, 6.45) is 4.51. The fourth-order valence-corrected chi connectivity index (χ4v) is 3.53. The number of nitrogens with zero attached hydrogens (tertiary/aromatic N) is 1. The molecule has 0 saturated carbocycles. The Labute approximate surface area is 146 Å². The predicted octanol–water partition coefficient (Wildman–Crippen LogP) is 3.04. The van der Waals surface area contributed by atoms with Gasteiger partial charge in [0, 0.05) is 18.3 Å². The first-order valence-corrected chi connectivity index (χ1v) is 8.59. The number of carbonyl (C=O) groups excluding carboxylic acids is 2. The van der Waals surface area contributed by atoms with Crippen molar-refractivity contribution in [3.8, 4) is 0 Å². The maximum Gasteiger partial charge on any atom is 0.251 e. The first-order valence-electron chi connectivity index (χ1n) is 8.59. The Morgan fingerprint density at radius 2 is 1.84 bits per heavy atom. The van der Waals surface area contributed by atoms with Crippen molar-refractivity contribution < 1.29 is 9.59 Å². The molecule has 0 atom stereocenters. The lowest BCUT2D eigenvalue weighted by molar-refractivity contribution is 0.0961. The normalized spacial score (nSPS) is 16.4. The third kappa shape index (κ3) is 2.69. The Hall–Kier alpha value is -2.69. The van der Waals surface area contributed by atoms with Crippen LogP contribution in [0.2, 0.25) is 0 Å². The highest BCUT2D eigenvalue weighted by molar-refractivity contribution is 6.28. The number of fused-ring (bicyclic) bond motifs is 1. The van der Waals surface area contributed by atoms with Crippen LogP contribution in [0.15, 0.2) is 46.1 Å². The molecule has 1 aliphatic heterocycles. The lowest BCUT2D eigenvalue weighted by Gasteiger charge is -2.28. The topological polar surface area (TPSA) is 68.2 Å². The van der Waals surface area contributed by atoms with Crippen LogP contribution in [-0.4, -0.2) is 16.1 Å². The maximum absolute atomic E-state index is 13.1. The Balaban J connectivity index is 2.22. The standard InChI is InChI=1S/C20H22N2O3/c1-5-6-7-8-22-14(23)10-12(3)16-18(22)20(25)17-15(19(16)24)11(2)9-13(4)21-17/h9-10,21H,4-8H2,1-3H3. The number of hydrogen-bond donors (Lipinski definition) is 1. The summed E-state index contributed by atoms with van der Waals surface area (Å²) >= 11 is 0. The lowest BCUT2D eigenvalue weighted by atomic mass is 9.83. The van der Waals surface area contributed by atoms with Crippen LogP contribution in [0.3, 0.4) is 0 Å². The van der Waals surface area contributed by atoms with Crippen LogP contribution in [-0.2, 0) is 6.54 Å². The number of nitrogens with one attached hydrogen (secondary N) is 1. The second-order valence-electron chi connectivity index (χ2n) is 6.63. The minimum Gasteiger partial charge on any atom is -0.352 e. The van der Waals surface area contributed by atoms with E-state index in [2.05, 4.69) is 18.8 Å². The summed E-state index contributed by atoms with van der Waals surface area (Å²) in [5.41, 5.74) is 2.76. The number of Topliss-reactive ketones (excluding diaryl/α,β-unsaturated/α-hetero) is 2. The minimum atomic E-state index is -0.310. The van der Waals surface area contributed by atoms with Gasteiger partial charge in [-0.25, -0.2) is 0 Å². The monoisotopic (exact) mass is 338 g/mol. The number of aryl methyl sites for hydroxylation is 1. The number of unbranched alkanes of at least 4 members (excludes halogenated alkanes) is 2. The smallest absolute Gasteiger partial charge is 0.251 e. The predicted molar refractivity (Wildman–Crippen MR) is 96.7 cm³/mol. The van der Waals surface area contributed by atoms with E-state index < -0.39 is 0 Å². The molecule has 0 saturated heterocycles. The van der Waals surface area contributed by atoms with Crippen molar-refractivity contribution in [3.63, 3.8) is 0 Å². The molecule has 0 unspecified atom stereocenters. The van der Waals surface area contributed by atoms with Gasteiger partial charge in [-0.2, -0.15) is 0 Å². The Morgan fingerprint density at radius 3 is 2.52 bits per heavy atom. The molecule has 130 valence electrons. The quantitative estimate of drug-likeness (QED) is 0.857. The van der Waals surface area contributed by atoms with Crippen molar-refractivity contribution in [2.24, 2.45) is 0 Å². The molecule has 0 bridgehead atoms. The SMILES string of the molecule is C=C1C=C(C)C2=C(N1)C(=O)c1c(c(C)cc(=O)n1CCCCC)C2=O. The Morgan fingerprint density at radius 1 is 1.12 bits per heavy atom. The van der Waals surface area contributed by atoms with Gasteiger partial charge >= 0.3 is 0 Å². The molecule has 1 aliphatic carbocycles. The van der Waals surface area contributed by atoms with Gasteiger partial charge in [-0.1, -0.05) is 26.3 Å². The summed E-state index contributed by atoms with van der Waals surface area (Å²) in [4.78, 5) is 38.7. The molecule has 0 radical (unpaired) electrons. The van der Waals surface area contributed by atoms with Crippen molar-refractivity contribution in [2.45, 2.75) is 46.6 Å². The van der Waals surface area contributed by atoms with E-state index in [1.807, 2.05) is 0 Å². The summed E-state index contributed by atoms with van der Waals surface area (Å²) in [6, 6.07) is 1.45. The van der Waals surface area contributed by atoms with Gasteiger partial charge in [0.1, 0.15) is 11.4 Å². The summed E-state index contributed by atoms with van der Waals surface area (Å²) in [5.74, 6) is -0.518. The molecule has 0 aromatic carbocycles. The zero-order chi connectivity index (χ0) is 18.3. The molecule has 0 amide bonds. The van der Waals surface area contributed by atoms with Crippen LogP contribution in [0.1, 0.15) is 59.5 Å². The lowest BCUT2D eigenvalue weighted by Crippen LogP contribution is -2.38. The van der Waals surface area contributed by atoms with Crippen molar-refractivity contribution in [1.29, 1.82) is 0 Å². The molecule has 3 rings (SSSR count). The van der Waals surface area contributed by atoms with Crippen molar-refractivity contribution >= 4 is 11.6 Å². The molecule has 2 aliphatic rings. The highest BCUT2D eigenvalue weighted by atomic mass is 16.1. The Kier molecular flexibility index (Phi) is 4.33. The molecule has 2 heterocycles. The van der Waals surface area contributed by atoms with Gasteiger partial charge < -0.3 is 9.88 Å². The first-order chi connectivity index (χ1) is 11.9. The number of carbonyl (C=O) groups is 2. The molecule has 1 aromatic rings. The summed E-state index contributed by atoms with van der Waals surface area (Å²) in [7, 11) is 0. The fraction of sp³-hybridized carbons (Fsp3) is 0.350. The molecule has 25 heavy (non-hydrogen) atoms. The van der Waals surface area contributed by atoms with Gasteiger partial charge in [-0.05, 0) is 37.5 Å². The van der Waals surface area contributed by atoms with Crippen molar-refractivity contribution in [1.82, 2.24) is 9.88 Å². The van der Waals surface area contributed by atoms with Crippen LogP contribution < -0.4 is 10.9 Å². The van der Waals surface area contributed by atoms with E-state index in [1.54, 1.807) is 19.9 Å². The number of hydrogen-bond acceptors (Lipinski definition) is 4. The number of rotatable bonds is 4. The minimum absolute atomic E-state index is 0.208. The average molecular weight is 338 g/mol. The average Bonchev–Trinajstić information content (AvgIpc) is 2.53. The van der Waals surface area contributed by atoms with Gasteiger partial charge in [-0.15, -0.1) is 0 Å². The van der Waals surface area contributed by atoms with E-state index in [0.717, 1.165) is 19.3 Å². The van der Waals surface area contributed by atoms with Gasteiger partial charge in [0.2, 0.25) is 5.78 Å². The maximum atomic E-state index is 13.1. The van der Waals surface area contributed by atoms with E-state index >= 15 is 0 Å². The zero-order valence-electron chi connectivity index (χ0n) is 14.9. The van der Waals surface area contributed by atoms with E-state index in [9.17, 15) is 14.4 Å². The van der Waals surface area contributed by atoms with Gasteiger partial charge in [-0.3, -0.25) is 14.4 Å². The largest absolute Gasteiger partial charge is 0.352 e. The molecular weight excluding hydrogens is 316 g/mol. The van der Waals surface area contributed by atoms with E-state index in [0.29, 0.717) is 34.5 Å². The van der Waals surface area contributed by atoms with Crippen molar-refractivity contribution in [2.75, 3.05) is 0 Å². The third-order valence-electron chi connectivity index (χ3n) is 4.71. The Bertz CT molecular complexity index is 929. The van der Waals surface area contributed by atoms with Crippen LogP contribution in [0.4, 0.5) is 0 Å². The molecule has 5 heteroatoms. The van der Waals surface area contributed by atoms with Crippen LogP contribution in [0, 0.1) is 6.92 Å². The fourth-order valence-electron chi connectivity index (χ4n) is 3.53. The van der Waals surface area contributed by atoms with Crippen LogP contribution in [0.5, 0.6) is 0 Å². The van der Waals surface area contributed by atoms with Crippen molar-refractivity contribution in [3.05, 3.63) is 68.4 Å². The molecule has 5 nitrogen and oxygen atoms in total. The van der Waals surface area contributed by atoms with E-state index in [1.165, 1.54) is 10.6 Å². The number of pyridine rings is 1. The summed E-state index contributed by atoms with van der Waals surface area (Å²) in [5, 5.41) is 2.93. The molecule has 1 aromatic heterocycles. The molecule has 1 N–H and O–H groups in total. The second-order valence-corrected chi connectivity index (χ2v) is 6.63. The van der Waals surface area contributed by atoms with Gasteiger partial charge in [0.15, 0.2) is 5.78 Å². The highest BCUT2D eigenvalue weighted by Gasteiger charge is 2.38. The summed E-state index contributed by atoms with van der Waals surface area (Å²) in [6.45, 7) is 9.85. The first kappa shape index (κ1) is 17.1. The highest BCUT2D eigenvalue weighted by Crippen LogP contribution is 2.33. The van der Waals surface area contributed by atoms with E-state index in [-0.39, 0.29) is 28.5 Å². The molecule has 0 fully saturated rings.